The number of carbonyl (C=O) groups excluding carboxylic acids is 2. The van der Waals surface area contributed by atoms with Crippen molar-refractivity contribution in [2.24, 2.45) is 0 Å². The van der Waals surface area contributed by atoms with Crippen molar-refractivity contribution in [1.82, 2.24) is 0 Å². The van der Waals surface area contributed by atoms with Gasteiger partial charge in [-0.1, -0.05) is 13.3 Å². The summed E-state index contributed by atoms with van der Waals surface area (Å²) in [6.07, 6.45) is 2.56. The van der Waals surface area contributed by atoms with Crippen LogP contribution >= 0.6 is 0 Å². The van der Waals surface area contributed by atoms with Crippen LogP contribution in [0.1, 0.15) is 40.5 Å². The molecule has 12 heteroatoms. The molecular formula is C20H22N2O10. The van der Waals surface area contributed by atoms with Crippen molar-refractivity contribution in [3.63, 3.8) is 0 Å². The summed E-state index contributed by atoms with van der Waals surface area (Å²) in [7, 11) is 2.71. The Labute approximate surface area is 182 Å². The highest BCUT2D eigenvalue weighted by Crippen LogP contribution is 2.34. The molecule has 0 aliphatic heterocycles. The van der Waals surface area contributed by atoms with E-state index in [1.165, 1.54) is 26.4 Å². The van der Waals surface area contributed by atoms with Crippen molar-refractivity contribution in [1.29, 1.82) is 0 Å². The van der Waals surface area contributed by atoms with Crippen molar-refractivity contribution < 1.29 is 38.8 Å². The average Bonchev–Trinajstić information content (AvgIpc) is 2.78. The molecular weight excluding hydrogens is 428 g/mol. The Hall–Kier alpha value is -4.22. The summed E-state index contributed by atoms with van der Waals surface area (Å²) in [5, 5.41) is 30.5. The highest BCUT2D eigenvalue weighted by atomic mass is 16.6. The minimum atomic E-state index is -0.747. The third kappa shape index (κ3) is 6.65. The lowest BCUT2D eigenvalue weighted by Crippen LogP contribution is -2.02. The van der Waals surface area contributed by atoms with E-state index in [-0.39, 0.29) is 34.1 Å². The predicted octanol–water partition coefficient (Wildman–Crippen LogP) is 3.72. The highest BCUT2D eigenvalue weighted by molar-refractivity contribution is 5.84. The summed E-state index contributed by atoms with van der Waals surface area (Å²) in [5.41, 5.74) is -0.889. The number of hydrogen-bond donors (Lipinski definition) is 1. The number of phenols is 1. The standard InChI is InChI=1S/C12H15NO5.C8H7NO5/c1-3-4-5-18-12-7-10(13(15)16)9(8-14)6-11(12)17-2;1-14-8-2-5(4-10)6(9(12)13)3-7(8)11/h6-8H,3-5H2,1-2H3;2-4,11H,1H3. The maximum Gasteiger partial charge on any atom is 0.283 e. The normalized spacial score (nSPS) is 9.72. The van der Waals surface area contributed by atoms with Gasteiger partial charge in [-0.05, 0) is 6.42 Å². The number of hydrogen-bond acceptors (Lipinski definition) is 10. The molecule has 0 aliphatic rings. The van der Waals surface area contributed by atoms with Crippen molar-refractivity contribution in [3.8, 4) is 23.0 Å². The van der Waals surface area contributed by atoms with Crippen molar-refractivity contribution in [2.45, 2.75) is 19.8 Å². The maximum atomic E-state index is 10.8. The molecule has 32 heavy (non-hydrogen) atoms. The molecule has 0 bridgehead atoms. The van der Waals surface area contributed by atoms with Crippen LogP contribution in [0.5, 0.6) is 23.0 Å². The van der Waals surface area contributed by atoms with Crippen LogP contribution in [0.15, 0.2) is 24.3 Å². The van der Waals surface area contributed by atoms with Gasteiger partial charge in [0.1, 0.15) is 0 Å². The van der Waals surface area contributed by atoms with Gasteiger partial charge >= 0.3 is 0 Å². The largest absolute Gasteiger partial charge is 0.504 e. The summed E-state index contributed by atoms with van der Waals surface area (Å²) in [6.45, 7) is 2.46. The number of carbonyl (C=O) groups is 2. The number of nitro groups is 2. The molecule has 0 fully saturated rings. The molecule has 0 heterocycles. The first-order valence-electron chi connectivity index (χ1n) is 9.18. The van der Waals surface area contributed by atoms with Crippen molar-refractivity contribution in [3.05, 3.63) is 55.6 Å². The molecule has 0 unspecified atom stereocenters. The summed E-state index contributed by atoms with van der Waals surface area (Å²) in [6, 6.07) is 4.52. The number of unbranched alkanes of at least 4 members (excludes halogenated alkanes) is 1. The number of aldehydes is 2. The number of ether oxygens (including phenoxy) is 3. The maximum absolute atomic E-state index is 10.8. The van der Waals surface area contributed by atoms with Crippen LogP contribution < -0.4 is 14.2 Å². The van der Waals surface area contributed by atoms with Gasteiger partial charge in [-0.3, -0.25) is 29.8 Å². The monoisotopic (exact) mass is 450 g/mol. The molecule has 0 saturated carbocycles. The lowest BCUT2D eigenvalue weighted by atomic mass is 10.1. The Balaban J connectivity index is 0.000000330. The molecule has 0 aliphatic carbocycles. The zero-order chi connectivity index (χ0) is 24.3. The highest BCUT2D eigenvalue weighted by Gasteiger charge is 2.19. The summed E-state index contributed by atoms with van der Waals surface area (Å²) < 4.78 is 15.2. The molecule has 172 valence electrons. The van der Waals surface area contributed by atoms with Gasteiger partial charge in [0.25, 0.3) is 11.4 Å². The number of methoxy groups -OCH3 is 2. The van der Waals surface area contributed by atoms with Gasteiger partial charge in [0.05, 0.1) is 53.9 Å². The molecule has 0 spiro atoms. The summed E-state index contributed by atoms with van der Waals surface area (Å²) in [5.74, 6) is 0.254. The first-order valence-corrected chi connectivity index (χ1v) is 9.18. The van der Waals surface area contributed by atoms with Crippen LogP contribution in [0.25, 0.3) is 0 Å². The topological polar surface area (TPSA) is 168 Å². The van der Waals surface area contributed by atoms with Crippen LogP contribution in [0.3, 0.4) is 0 Å². The fourth-order valence-corrected chi connectivity index (χ4v) is 2.41. The van der Waals surface area contributed by atoms with Crippen LogP contribution in [0.4, 0.5) is 11.4 Å². The molecule has 1 N–H and O–H groups in total. The van der Waals surface area contributed by atoms with Crippen LogP contribution in [-0.2, 0) is 0 Å². The number of rotatable bonds is 10. The molecule has 2 aromatic rings. The van der Waals surface area contributed by atoms with Crippen LogP contribution in [0.2, 0.25) is 0 Å². The Kier molecular flexibility index (Phi) is 10.1. The molecule has 0 amide bonds. The minimum Gasteiger partial charge on any atom is -0.504 e. The lowest BCUT2D eigenvalue weighted by Gasteiger charge is -2.10. The summed E-state index contributed by atoms with van der Waals surface area (Å²) in [4.78, 5) is 41.1. The van der Waals surface area contributed by atoms with E-state index in [0.717, 1.165) is 25.0 Å². The fourth-order valence-electron chi connectivity index (χ4n) is 2.41. The van der Waals surface area contributed by atoms with Crippen molar-refractivity contribution >= 4 is 23.9 Å². The average molecular weight is 450 g/mol. The Morgan fingerprint density at radius 2 is 1.38 bits per heavy atom. The zero-order valence-corrected chi connectivity index (χ0v) is 17.6. The van der Waals surface area contributed by atoms with Gasteiger partial charge in [0.2, 0.25) is 0 Å². The van der Waals surface area contributed by atoms with E-state index in [4.69, 9.17) is 14.2 Å². The van der Waals surface area contributed by atoms with Crippen LogP contribution in [-0.4, -0.2) is 48.4 Å². The van der Waals surface area contributed by atoms with E-state index in [2.05, 4.69) is 0 Å². The zero-order valence-electron chi connectivity index (χ0n) is 17.6. The molecule has 2 aromatic carbocycles. The third-order valence-electron chi connectivity index (χ3n) is 4.04. The van der Waals surface area contributed by atoms with Gasteiger partial charge in [-0.2, -0.15) is 0 Å². The fraction of sp³-hybridized carbons (Fsp3) is 0.300. The molecule has 0 radical (unpaired) electrons. The van der Waals surface area contributed by atoms with Gasteiger partial charge in [-0.25, -0.2) is 0 Å². The van der Waals surface area contributed by atoms with E-state index in [9.17, 15) is 34.9 Å². The molecule has 0 atom stereocenters. The molecule has 0 saturated heterocycles. The first kappa shape index (κ1) is 25.8. The first-order chi connectivity index (χ1) is 15.2. The van der Waals surface area contributed by atoms with E-state index in [1.54, 1.807) is 0 Å². The number of phenolic OH excluding ortho intramolecular Hbond substituents is 1. The molecule has 12 nitrogen and oxygen atoms in total. The van der Waals surface area contributed by atoms with Gasteiger partial charge in [-0.15, -0.1) is 0 Å². The Morgan fingerprint density at radius 1 is 0.875 bits per heavy atom. The Morgan fingerprint density at radius 3 is 1.81 bits per heavy atom. The second kappa shape index (κ2) is 12.5. The second-order valence-electron chi connectivity index (χ2n) is 6.10. The third-order valence-corrected chi connectivity index (χ3v) is 4.04. The van der Waals surface area contributed by atoms with Crippen molar-refractivity contribution in [2.75, 3.05) is 20.8 Å². The van der Waals surface area contributed by atoms with Gasteiger partial charge in [0, 0.05) is 12.1 Å². The smallest absolute Gasteiger partial charge is 0.283 e. The van der Waals surface area contributed by atoms with Gasteiger partial charge < -0.3 is 19.3 Å². The molecule has 0 aromatic heterocycles. The number of nitro benzene ring substituents is 2. The minimum absolute atomic E-state index is 0.0256. The Bertz CT molecular complexity index is 991. The summed E-state index contributed by atoms with van der Waals surface area (Å²) >= 11 is 0. The van der Waals surface area contributed by atoms with E-state index in [1.807, 2.05) is 6.92 Å². The SMILES string of the molecule is CCCCOc1cc([N+](=O)[O-])c(C=O)cc1OC.COc1cc(C=O)c([N+](=O)[O-])cc1O. The van der Waals surface area contributed by atoms with E-state index in [0.29, 0.717) is 24.9 Å². The number of nitrogens with zero attached hydrogens (tertiary/aromatic N) is 2. The quantitative estimate of drug-likeness (QED) is 0.244. The predicted molar refractivity (Wildman–Crippen MR) is 112 cm³/mol. The molecule has 2 rings (SSSR count). The number of aromatic hydroxyl groups is 1. The lowest BCUT2D eigenvalue weighted by molar-refractivity contribution is -0.385. The van der Waals surface area contributed by atoms with Crippen LogP contribution in [0, 0.1) is 20.2 Å². The number of benzene rings is 2. The van der Waals surface area contributed by atoms with E-state index < -0.39 is 15.5 Å². The van der Waals surface area contributed by atoms with Gasteiger partial charge in [0.15, 0.2) is 35.6 Å². The second-order valence-corrected chi connectivity index (χ2v) is 6.10. The van der Waals surface area contributed by atoms with E-state index >= 15 is 0 Å².